The van der Waals surface area contributed by atoms with Crippen LogP contribution in [0.3, 0.4) is 0 Å². The van der Waals surface area contributed by atoms with Gasteiger partial charge in [0.05, 0.1) is 10.9 Å². The number of rotatable bonds is 3. The van der Waals surface area contributed by atoms with E-state index in [0.29, 0.717) is 29.8 Å². The Balaban J connectivity index is 2.22. The van der Waals surface area contributed by atoms with Gasteiger partial charge in [0.1, 0.15) is 0 Å². The lowest BCUT2D eigenvalue weighted by molar-refractivity contribution is -0.141. The maximum Gasteiger partial charge on any atom is 0.306 e. The highest BCUT2D eigenvalue weighted by atomic mass is 35.5. The number of carboxylic acid groups (broad SMARTS) is 1. The Labute approximate surface area is 117 Å². The smallest absolute Gasteiger partial charge is 0.306 e. The highest BCUT2D eigenvalue weighted by Gasteiger charge is 2.34. The zero-order chi connectivity index (χ0) is 14.2. The van der Waals surface area contributed by atoms with Gasteiger partial charge < -0.3 is 5.11 Å². The average Bonchev–Trinajstić information content (AvgIpc) is 2.82. The van der Waals surface area contributed by atoms with Gasteiger partial charge in [0.2, 0.25) is 0 Å². The second-order valence-electron chi connectivity index (χ2n) is 5.33. The minimum Gasteiger partial charge on any atom is -0.481 e. The Morgan fingerprint density at radius 1 is 1.16 bits per heavy atom. The van der Waals surface area contributed by atoms with Crippen molar-refractivity contribution < 1.29 is 14.7 Å². The number of aryl methyl sites for hydroxylation is 2. The van der Waals surface area contributed by atoms with Gasteiger partial charge in [-0.1, -0.05) is 11.6 Å². The molecule has 0 aromatic heterocycles. The second kappa shape index (κ2) is 5.33. The molecule has 0 spiro atoms. The summed E-state index contributed by atoms with van der Waals surface area (Å²) in [6.07, 6.45) is 1.64. The monoisotopic (exact) mass is 280 g/mol. The molecule has 1 saturated carbocycles. The molecular weight excluding hydrogens is 264 g/mol. The number of carbonyl (C=O) groups excluding carboxylic acids is 1. The Hall–Kier alpha value is -1.35. The van der Waals surface area contributed by atoms with Gasteiger partial charge in [-0.05, 0) is 56.4 Å². The highest BCUT2D eigenvalue weighted by Crippen LogP contribution is 2.35. The van der Waals surface area contributed by atoms with Gasteiger partial charge in [0.25, 0.3) is 0 Å². The molecule has 1 N–H and O–H groups in total. The number of carbonyl (C=O) groups is 2. The largest absolute Gasteiger partial charge is 0.481 e. The zero-order valence-corrected chi connectivity index (χ0v) is 11.8. The van der Waals surface area contributed by atoms with Crippen LogP contribution in [0.5, 0.6) is 0 Å². The number of hydrogen-bond donors (Lipinski definition) is 1. The van der Waals surface area contributed by atoms with E-state index in [1.807, 2.05) is 19.9 Å². The molecule has 1 aromatic carbocycles. The molecule has 2 atom stereocenters. The summed E-state index contributed by atoms with van der Waals surface area (Å²) in [5, 5.41) is 9.45. The Kier molecular flexibility index (Phi) is 3.95. The van der Waals surface area contributed by atoms with E-state index in [2.05, 4.69) is 0 Å². The predicted molar refractivity (Wildman–Crippen MR) is 73.7 cm³/mol. The number of carboxylic acids is 1. The van der Waals surface area contributed by atoms with Crippen LogP contribution in [0.2, 0.25) is 5.02 Å². The third kappa shape index (κ3) is 2.81. The van der Waals surface area contributed by atoms with Crippen molar-refractivity contribution in [2.24, 2.45) is 11.8 Å². The van der Waals surface area contributed by atoms with Crippen molar-refractivity contribution in [3.05, 3.63) is 33.8 Å². The first-order valence-electron chi connectivity index (χ1n) is 6.44. The molecule has 0 aliphatic heterocycles. The van der Waals surface area contributed by atoms with Crippen molar-refractivity contribution in [2.75, 3.05) is 0 Å². The molecule has 2 rings (SSSR count). The van der Waals surface area contributed by atoms with E-state index in [1.54, 1.807) is 6.07 Å². The van der Waals surface area contributed by atoms with E-state index in [9.17, 15) is 9.59 Å². The molecule has 1 aliphatic carbocycles. The van der Waals surface area contributed by atoms with Crippen LogP contribution >= 0.6 is 11.6 Å². The summed E-state index contributed by atoms with van der Waals surface area (Å²) >= 11 is 6.14. The molecule has 19 heavy (non-hydrogen) atoms. The van der Waals surface area contributed by atoms with E-state index in [0.717, 1.165) is 11.1 Å². The average molecular weight is 281 g/mol. The minimum absolute atomic E-state index is 0.0168. The van der Waals surface area contributed by atoms with Gasteiger partial charge in [0.15, 0.2) is 5.78 Å². The normalized spacial score (nSPS) is 22.5. The van der Waals surface area contributed by atoms with Crippen LogP contribution in [0.15, 0.2) is 12.1 Å². The maximum absolute atomic E-state index is 12.4. The SMILES string of the molecule is Cc1cc(Cl)c(C(=O)C2CCC(C(=O)O)C2)cc1C. The number of aliphatic carboxylic acids is 1. The van der Waals surface area contributed by atoms with Crippen LogP contribution in [0.1, 0.15) is 40.7 Å². The fraction of sp³-hybridized carbons (Fsp3) is 0.467. The number of benzene rings is 1. The molecule has 102 valence electrons. The van der Waals surface area contributed by atoms with E-state index in [1.165, 1.54) is 0 Å². The first kappa shape index (κ1) is 14.1. The Morgan fingerprint density at radius 2 is 1.74 bits per heavy atom. The van der Waals surface area contributed by atoms with Crippen LogP contribution in [0.4, 0.5) is 0 Å². The van der Waals surface area contributed by atoms with Crippen molar-refractivity contribution >= 4 is 23.4 Å². The second-order valence-corrected chi connectivity index (χ2v) is 5.73. The fourth-order valence-corrected chi connectivity index (χ4v) is 2.94. The lowest BCUT2D eigenvalue weighted by atomic mass is 9.93. The number of hydrogen-bond acceptors (Lipinski definition) is 2. The van der Waals surface area contributed by atoms with Crippen LogP contribution in [0.25, 0.3) is 0 Å². The van der Waals surface area contributed by atoms with E-state index in [4.69, 9.17) is 16.7 Å². The number of halogens is 1. The minimum atomic E-state index is -0.804. The molecule has 1 aromatic rings. The fourth-order valence-electron chi connectivity index (χ4n) is 2.63. The van der Waals surface area contributed by atoms with Gasteiger partial charge in [-0.3, -0.25) is 9.59 Å². The Morgan fingerprint density at radius 3 is 2.32 bits per heavy atom. The van der Waals surface area contributed by atoms with Crippen LogP contribution in [-0.2, 0) is 4.79 Å². The maximum atomic E-state index is 12.4. The van der Waals surface area contributed by atoms with Crippen LogP contribution in [-0.4, -0.2) is 16.9 Å². The molecule has 4 heteroatoms. The van der Waals surface area contributed by atoms with Crippen molar-refractivity contribution in [3.63, 3.8) is 0 Å². The summed E-state index contributed by atoms with van der Waals surface area (Å²) in [5.74, 6) is -1.42. The summed E-state index contributed by atoms with van der Waals surface area (Å²) in [5.41, 5.74) is 2.61. The third-order valence-electron chi connectivity index (χ3n) is 4.00. The molecule has 0 amide bonds. The van der Waals surface area contributed by atoms with Gasteiger partial charge in [-0.15, -0.1) is 0 Å². The summed E-state index contributed by atoms with van der Waals surface area (Å²) in [6, 6.07) is 3.61. The lowest BCUT2D eigenvalue weighted by Crippen LogP contribution is -2.15. The number of ketones is 1. The highest BCUT2D eigenvalue weighted by molar-refractivity contribution is 6.34. The van der Waals surface area contributed by atoms with Gasteiger partial charge >= 0.3 is 5.97 Å². The first-order valence-corrected chi connectivity index (χ1v) is 6.81. The van der Waals surface area contributed by atoms with Crippen molar-refractivity contribution in [2.45, 2.75) is 33.1 Å². The summed E-state index contributed by atoms with van der Waals surface area (Å²) in [4.78, 5) is 23.4. The first-order chi connectivity index (χ1) is 8.90. The summed E-state index contributed by atoms with van der Waals surface area (Å²) in [6.45, 7) is 3.89. The molecule has 1 aliphatic rings. The van der Waals surface area contributed by atoms with E-state index in [-0.39, 0.29) is 17.6 Å². The summed E-state index contributed by atoms with van der Waals surface area (Å²) in [7, 11) is 0. The van der Waals surface area contributed by atoms with Crippen molar-refractivity contribution in [1.82, 2.24) is 0 Å². The molecule has 0 heterocycles. The lowest BCUT2D eigenvalue weighted by Gasteiger charge is -2.12. The molecule has 2 unspecified atom stereocenters. The standard InChI is InChI=1S/C15H17ClO3/c1-8-5-12(13(16)6-9(8)2)14(17)10-3-4-11(7-10)15(18)19/h5-6,10-11H,3-4,7H2,1-2H3,(H,18,19). The van der Waals surface area contributed by atoms with E-state index >= 15 is 0 Å². The third-order valence-corrected chi connectivity index (χ3v) is 4.31. The predicted octanol–water partition coefficient (Wildman–Crippen LogP) is 3.64. The molecule has 0 bridgehead atoms. The van der Waals surface area contributed by atoms with Crippen LogP contribution in [0, 0.1) is 25.7 Å². The number of Topliss-reactive ketones (excluding diaryl/α,β-unsaturated/α-hetero) is 1. The topological polar surface area (TPSA) is 54.4 Å². The Bertz CT molecular complexity index is 536. The van der Waals surface area contributed by atoms with Crippen LogP contribution < -0.4 is 0 Å². The quantitative estimate of drug-likeness (QED) is 0.860. The molecular formula is C15H17ClO3. The van der Waals surface area contributed by atoms with Gasteiger partial charge in [-0.2, -0.15) is 0 Å². The van der Waals surface area contributed by atoms with Crippen molar-refractivity contribution in [3.8, 4) is 0 Å². The summed E-state index contributed by atoms with van der Waals surface area (Å²) < 4.78 is 0. The van der Waals surface area contributed by atoms with Gasteiger partial charge in [-0.25, -0.2) is 0 Å². The molecule has 3 nitrogen and oxygen atoms in total. The molecule has 0 saturated heterocycles. The van der Waals surface area contributed by atoms with Crippen molar-refractivity contribution in [1.29, 1.82) is 0 Å². The van der Waals surface area contributed by atoms with E-state index < -0.39 is 5.97 Å². The molecule has 1 fully saturated rings. The molecule has 0 radical (unpaired) electrons. The van der Waals surface area contributed by atoms with Gasteiger partial charge in [0, 0.05) is 11.5 Å². The zero-order valence-electron chi connectivity index (χ0n) is 11.1.